The van der Waals surface area contributed by atoms with Gasteiger partial charge in [0, 0.05) is 0 Å². The van der Waals surface area contributed by atoms with Crippen molar-refractivity contribution in [2.24, 2.45) is 16.5 Å². The van der Waals surface area contributed by atoms with E-state index in [2.05, 4.69) is 21.0 Å². The molecule has 0 aliphatic carbocycles. The fourth-order valence-corrected chi connectivity index (χ4v) is 0.366. The van der Waals surface area contributed by atoms with Crippen LogP contribution in [0.5, 0.6) is 0 Å². The van der Waals surface area contributed by atoms with E-state index in [1.165, 1.54) is 0 Å². The maximum absolute atomic E-state index is 4.99. The Bertz CT molecular complexity index is 66.6. The Morgan fingerprint density at radius 2 is 2.14 bits per heavy atom. The second-order valence-electron chi connectivity index (χ2n) is 1.01. The molecule has 4 N–H and O–H groups in total. The Labute approximate surface area is 51.0 Å². The van der Waals surface area contributed by atoms with Crippen molar-refractivity contribution in [3.8, 4) is 0 Å². The van der Waals surface area contributed by atoms with Gasteiger partial charge in [0.25, 0.3) is 0 Å². The molecule has 0 amide bonds. The summed E-state index contributed by atoms with van der Waals surface area (Å²) in [6.45, 7) is 0.683. The van der Waals surface area contributed by atoms with Crippen LogP contribution in [0.3, 0.4) is 0 Å². The molecule has 0 aromatic heterocycles. The molecule has 0 aliphatic rings. The molecule has 0 heterocycles. The number of hydrogen-bond acceptors (Lipinski definition) is 1. The van der Waals surface area contributed by atoms with Crippen LogP contribution in [0.1, 0.15) is 0 Å². The first kappa shape index (κ1) is 6.79. The van der Waals surface area contributed by atoms with Crippen molar-refractivity contribution in [2.75, 3.05) is 6.54 Å². The third-order valence-corrected chi connectivity index (χ3v) is 0.769. The topological polar surface area (TPSA) is 64.4 Å². The van der Waals surface area contributed by atoms with Gasteiger partial charge >= 0.3 is 50.3 Å². The minimum absolute atomic E-state index is 0.162. The Morgan fingerprint density at radius 3 is 2.29 bits per heavy atom. The third kappa shape index (κ3) is 5.79. The summed E-state index contributed by atoms with van der Waals surface area (Å²) in [5, 5.41) is 0.873. The van der Waals surface area contributed by atoms with Crippen LogP contribution in [0.4, 0.5) is 0 Å². The summed E-state index contributed by atoms with van der Waals surface area (Å²) < 4.78 is 0. The monoisotopic (exact) mass is 166 g/mol. The number of nitrogens with zero attached hydrogens (tertiary/aromatic N) is 1. The van der Waals surface area contributed by atoms with Crippen molar-refractivity contribution in [1.29, 1.82) is 0 Å². The molecule has 0 aliphatic heterocycles. The standard InChI is InChI=1S/C3H8N3Se/c4-3(5)6-1-2-7/h1-2H2,(H4,4,5,6). The molecular formula is C3H8N3Se. The van der Waals surface area contributed by atoms with Gasteiger partial charge in [0.15, 0.2) is 0 Å². The molecule has 3 nitrogen and oxygen atoms in total. The number of aliphatic imine (C=N–C) groups is 1. The molecule has 0 rings (SSSR count). The molecule has 41 valence electrons. The summed E-state index contributed by atoms with van der Waals surface area (Å²) in [4.78, 5) is 3.68. The van der Waals surface area contributed by atoms with Crippen molar-refractivity contribution in [2.45, 2.75) is 5.32 Å². The Morgan fingerprint density at radius 1 is 1.57 bits per heavy atom. The van der Waals surface area contributed by atoms with Crippen LogP contribution in [-0.2, 0) is 0 Å². The maximum atomic E-state index is 4.99. The van der Waals surface area contributed by atoms with E-state index in [1.807, 2.05) is 0 Å². The second kappa shape index (κ2) is 3.96. The predicted octanol–water partition coefficient (Wildman–Crippen LogP) is -1.15. The van der Waals surface area contributed by atoms with Crippen LogP contribution in [0.15, 0.2) is 4.99 Å². The number of guanidine groups is 1. The Hall–Kier alpha value is -0.211. The van der Waals surface area contributed by atoms with E-state index in [0.717, 1.165) is 5.32 Å². The molecule has 0 atom stereocenters. The quantitative estimate of drug-likeness (QED) is 0.308. The van der Waals surface area contributed by atoms with Crippen molar-refractivity contribution >= 4 is 22.0 Å². The molecule has 0 saturated heterocycles. The van der Waals surface area contributed by atoms with Gasteiger partial charge in [0.05, 0.1) is 0 Å². The van der Waals surface area contributed by atoms with E-state index in [4.69, 9.17) is 11.5 Å². The van der Waals surface area contributed by atoms with Gasteiger partial charge in [0.2, 0.25) is 0 Å². The molecule has 0 saturated carbocycles. The van der Waals surface area contributed by atoms with Crippen LogP contribution < -0.4 is 11.5 Å². The third-order valence-electron chi connectivity index (χ3n) is 0.386. The van der Waals surface area contributed by atoms with Gasteiger partial charge in [-0.3, -0.25) is 0 Å². The van der Waals surface area contributed by atoms with Crippen LogP contribution in [0.25, 0.3) is 0 Å². The van der Waals surface area contributed by atoms with E-state index < -0.39 is 0 Å². The van der Waals surface area contributed by atoms with E-state index in [9.17, 15) is 0 Å². The average molecular weight is 165 g/mol. The van der Waals surface area contributed by atoms with E-state index in [1.54, 1.807) is 0 Å². The molecule has 0 unspecified atom stereocenters. The normalized spacial score (nSPS) is 8.14. The van der Waals surface area contributed by atoms with Crippen LogP contribution in [0.2, 0.25) is 5.32 Å². The average Bonchev–Trinajstić information content (AvgIpc) is 1.61. The van der Waals surface area contributed by atoms with Crippen LogP contribution >= 0.6 is 0 Å². The van der Waals surface area contributed by atoms with Gasteiger partial charge in [-0.25, -0.2) is 0 Å². The zero-order valence-electron chi connectivity index (χ0n) is 3.92. The van der Waals surface area contributed by atoms with Gasteiger partial charge in [-0.05, 0) is 0 Å². The van der Waals surface area contributed by atoms with Gasteiger partial charge in [-0.1, -0.05) is 0 Å². The summed E-state index contributed by atoms with van der Waals surface area (Å²) in [6.07, 6.45) is 0. The summed E-state index contributed by atoms with van der Waals surface area (Å²) in [5.74, 6) is 0.162. The summed E-state index contributed by atoms with van der Waals surface area (Å²) in [7, 11) is 0. The molecule has 0 aromatic carbocycles. The van der Waals surface area contributed by atoms with E-state index in [-0.39, 0.29) is 5.96 Å². The minimum atomic E-state index is 0.162. The van der Waals surface area contributed by atoms with Crippen molar-refractivity contribution in [3.05, 3.63) is 0 Å². The first-order chi connectivity index (χ1) is 3.27. The Kier molecular flexibility index (Phi) is 3.84. The van der Waals surface area contributed by atoms with Crippen molar-refractivity contribution in [1.82, 2.24) is 0 Å². The predicted molar refractivity (Wildman–Crippen MR) is 31.2 cm³/mol. The first-order valence-electron chi connectivity index (χ1n) is 1.91. The van der Waals surface area contributed by atoms with Gasteiger partial charge in [0.1, 0.15) is 0 Å². The Balaban J connectivity index is 3.08. The van der Waals surface area contributed by atoms with Gasteiger partial charge in [-0.2, -0.15) is 0 Å². The summed E-state index contributed by atoms with van der Waals surface area (Å²) in [6, 6.07) is 0. The van der Waals surface area contributed by atoms with Gasteiger partial charge < -0.3 is 0 Å². The molecule has 7 heavy (non-hydrogen) atoms. The van der Waals surface area contributed by atoms with E-state index >= 15 is 0 Å². The molecule has 0 spiro atoms. The molecule has 0 aromatic rings. The number of hydrogen-bond donors (Lipinski definition) is 2. The number of rotatable bonds is 2. The molecule has 0 bridgehead atoms. The fourth-order valence-electron chi connectivity index (χ4n) is 0.175. The van der Waals surface area contributed by atoms with Gasteiger partial charge in [-0.15, -0.1) is 0 Å². The first-order valence-corrected chi connectivity index (χ1v) is 3.12. The molecule has 0 fully saturated rings. The van der Waals surface area contributed by atoms with Crippen molar-refractivity contribution in [3.63, 3.8) is 0 Å². The van der Waals surface area contributed by atoms with Crippen LogP contribution in [0, 0.1) is 0 Å². The number of nitrogens with two attached hydrogens (primary N) is 2. The zero-order chi connectivity index (χ0) is 5.70. The fraction of sp³-hybridized carbons (Fsp3) is 0.667. The molecule has 4 heteroatoms. The van der Waals surface area contributed by atoms with Crippen molar-refractivity contribution < 1.29 is 0 Å². The SMILES string of the molecule is NC(N)=NCC[Se]. The van der Waals surface area contributed by atoms with Crippen LogP contribution in [-0.4, -0.2) is 28.5 Å². The summed E-state index contributed by atoms with van der Waals surface area (Å²) in [5.41, 5.74) is 9.98. The summed E-state index contributed by atoms with van der Waals surface area (Å²) >= 11 is 2.78. The molecular weight excluding hydrogens is 157 g/mol. The molecule has 1 radical (unpaired) electrons. The second-order valence-corrected chi connectivity index (χ2v) is 1.87. The zero-order valence-corrected chi connectivity index (χ0v) is 5.64. The van der Waals surface area contributed by atoms with E-state index in [0.29, 0.717) is 6.54 Å².